The van der Waals surface area contributed by atoms with Crippen molar-refractivity contribution < 1.29 is 36.0 Å². The highest BCUT2D eigenvalue weighted by atomic mass is 19.4. The van der Waals surface area contributed by atoms with E-state index >= 15 is 0 Å². The lowest BCUT2D eigenvalue weighted by Crippen LogP contribution is -2.21. The van der Waals surface area contributed by atoms with Crippen LogP contribution in [-0.2, 0) is 6.18 Å². The quantitative estimate of drug-likeness (QED) is 0.471. The van der Waals surface area contributed by atoms with Crippen LogP contribution in [0.3, 0.4) is 0 Å². The average molecular weight is 275 g/mol. The largest absolute Gasteiger partial charge is 0.573 e. The first-order chi connectivity index (χ1) is 8.02. The molecular formula is C8H3F6NO3. The van der Waals surface area contributed by atoms with Crippen LogP contribution in [0.2, 0.25) is 0 Å². The van der Waals surface area contributed by atoms with Gasteiger partial charge in [0.25, 0.3) is 0 Å². The molecule has 0 atom stereocenters. The van der Waals surface area contributed by atoms with Crippen molar-refractivity contribution in [2.75, 3.05) is 0 Å². The molecule has 0 bridgehead atoms. The smallest absolute Gasteiger partial charge is 0.398 e. The van der Waals surface area contributed by atoms with Gasteiger partial charge in [0.05, 0.1) is 4.92 Å². The summed E-state index contributed by atoms with van der Waals surface area (Å²) >= 11 is 0. The molecule has 1 aromatic rings. The maximum absolute atomic E-state index is 12.4. The lowest BCUT2D eigenvalue weighted by Gasteiger charge is -2.14. The topological polar surface area (TPSA) is 52.4 Å². The molecule has 0 amide bonds. The minimum Gasteiger partial charge on any atom is -0.398 e. The molecule has 0 spiro atoms. The molecule has 1 aromatic carbocycles. The first-order valence-electron chi connectivity index (χ1n) is 4.12. The van der Waals surface area contributed by atoms with Gasteiger partial charge in [0.1, 0.15) is 5.56 Å². The second-order valence-electron chi connectivity index (χ2n) is 2.96. The number of benzene rings is 1. The molecule has 1 rings (SSSR count). The minimum atomic E-state index is -5.47. The van der Waals surface area contributed by atoms with E-state index < -0.39 is 34.5 Å². The van der Waals surface area contributed by atoms with Crippen LogP contribution in [0, 0.1) is 10.1 Å². The second kappa shape index (κ2) is 4.35. The summed E-state index contributed by atoms with van der Waals surface area (Å²) in [6.07, 6.45) is -10.7. The Hall–Kier alpha value is -2.00. The molecule has 0 radical (unpaired) electrons. The molecule has 0 saturated heterocycles. The Balaban J connectivity index is 3.45. The molecule has 0 aromatic heterocycles. The summed E-state index contributed by atoms with van der Waals surface area (Å²) in [6.45, 7) is 0. The monoisotopic (exact) mass is 275 g/mol. The number of nitro benzene ring substituents is 1. The SMILES string of the molecule is O=[N+]([O-])c1cccc(C(F)(F)F)c1OC(F)(F)F. The van der Waals surface area contributed by atoms with Crippen molar-refractivity contribution in [2.24, 2.45) is 0 Å². The van der Waals surface area contributed by atoms with Crippen molar-refractivity contribution in [3.05, 3.63) is 33.9 Å². The first kappa shape index (κ1) is 14.1. The first-order valence-corrected chi connectivity index (χ1v) is 4.12. The number of halogens is 6. The molecule has 0 aliphatic rings. The van der Waals surface area contributed by atoms with Gasteiger partial charge < -0.3 is 4.74 Å². The second-order valence-corrected chi connectivity index (χ2v) is 2.96. The zero-order valence-corrected chi connectivity index (χ0v) is 8.17. The van der Waals surface area contributed by atoms with E-state index in [0.29, 0.717) is 12.1 Å². The fourth-order valence-corrected chi connectivity index (χ4v) is 1.11. The van der Waals surface area contributed by atoms with E-state index in [-0.39, 0.29) is 6.07 Å². The van der Waals surface area contributed by atoms with Crippen molar-refractivity contribution in [3.8, 4) is 5.75 Å². The van der Waals surface area contributed by atoms with E-state index in [2.05, 4.69) is 4.74 Å². The summed E-state index contributed by atoms with van der Waals surface area (Å²) < 4.78 is 76.1. The predicted octanol–water partition coefficient (Wildman–Crippen LogP) is 3.51. The summed E-state index contributed by atoms with van der Waals surface area (Å²) in [6, 6.07) is 1.36. The Kier molecular flexibility index (Phi) is 3.40. The van der Waals surface area contributed by atoms with Gasteiger partial charge in [-0.2, -0.15) is 13.2 Å². The van der Waals surface area contributed by atoms with Gasteiger partial charge in [-0.1, -0.05) is 6.07 Å². The predicted molar refractivity (Wildman–Crippen MR) is 44.8 cm³/mol. The van der Waals surface area contributed by atoms with E-state index in [1.807, 2.05) is 0 Å². The van der Waals surface area contributed by atoms with Crippen molar-refractivity contribution >= 4 is 5.69 Å². The third-order valence-corrected chi connectivity index (χ3v) is 1.71. The highest BCUT2D eigenvalue weighted by Crippen LogP contribution is 2.43. The standard InChI is InChI=1S/C8H3F6NO3/c9-7(10,11)4-2-1-3-5(15(16)17)6(4)18-8(12,13)14/h1-3H. The Morgan fingerprint density at radius 3 is 2.06 bits per heavy atom. The van der Waals surface area contributed by atoms with E-state index in [9.17, 15) is 36.5 Å². The lowest BCUT2D eigenvalue weighted by atomic mass is 10.1. The molecule has 100 valence electrons. The number of alkyl halides is 6. The number of nitrogens with zero attached hydrogens (tertiary/aromatic N) is 1. The normalized spacial score (nSPS) is 12.3. The van der Waals surface area contributed by atoms with Crippen LogP contribution in [-0.4, -0.2) is 11.3 Å². The van der Waals surface area contributed by atoms with Crippen LogP contribution in [0.5, 0.6) is 5.75 Å². The Morgan fingerprint density at radius 1 is 1.11 bits per heavy atom. The van der Waals surface area contributed by atoms with Gasteiger partial charge in [-0.3, -0.25) is 10.1 Å². The zero-order chi connectivity index (χ0) is 14.1. The van der Waals surface area contributed by atoms with Crippen LogP contribution < -0.4 is 4.74 Å². The van der Waals surface area contributed by atoms with Gasteiger partial charge in [0.15, 0.2) is 0 Å². The summed E-state index contributed by atoms with van der Waals surface area (Å²) in [5.74, 6) is -1.87. The Bertz CT molecular complexity index is 467. The van der Waals surface area contributed by atoms with Crippen molar-refractivity contribution in [2.45, 2.75) is 12.5 Å². The molecule has 0 aliphatic heterocycles. The van der Waals surface area contributed by atoms with E-state index in [4.69, 9.17) is 0 Å². The maximum atomic E-state index is 12.4. The highest BCUT2D eigenvalue weighted by molar-refractivity contribution is 5.53. The lowest BCUT2D eigenvalue weighted by molar-refractivity contribution is -0.389. The van der Waals surface area contributed by atoms with Gasteiger partial charge in [-0.05, 0) is 6.07 Å². The Labute approximate surface area is 94.9 Å². The van der Waals surface area contributed by atoms with E-state index in [0.717, 1.165) is 0 Å². The van der Waals surface area contributed by atoms with Crippen molar-refractivity contribution in [1.82, 2.24) is 0 Å². The molecule has 4 nitrogen and oxygen atoms in total. The molecular weight excluding hydrogens is 272 g/mol. The third kappa shape index (κ3) is 3.25. The summed E-state index contributed by atoms with van der Waals surface area (Å²) in [7, 11) is 0. The average Bonchev–Trinajstić information content (AvgIpc) is 2.13. The molecule has 18 heavy (non-hydrogen) atoms. The third-order valence-electron chi connectivity index (χ3n) is 1.71. The van der Waals surface area contributed by atoms with Gasteiger partial charge in [0.2, 0.25) is 5.75 Å². The number of hydrogen-bond acceptors (Lipinski definition) is 3. The van der Waals surface area contributed by atoms with Crippen LogP contribution in [0.1, 0.15) is 5.56 Å². The molecule has 0 saturated carbocycles. The van der Waals surface area contributed by atoms with Crippen LogP contribution in [0.15, 0.2) is 18.2 Å². The fourth-order valence-electron chi connectivity index (χ4n) is 1.11. The molecule has 10 heteroatoms. The minimum absolute atomic E-state index is 0.258. The van der Waals surface area contributed by atoms with Crippen LogP contribution in [0.25, 0.3) is 0 Å². The molecule has 0 heterocycles. The summed E-state index contributed by atoms with van der Waals surface area (Å²) in [5.41, 5.74) is -3.28. The molecule has 0 aliphatic carbocycles. The highest BCUT2D eigenvalue weighted by Gasteiger charge is 2.43. The summed E-state index contributed by atoms with van der Waals surface area (Å²) in [4.78, 5) is 8.99. The number of rotatable bonds is 2. The van der Waals surface area contributed by atoms with Gasteiger partial charge >= 0.3 is 18.2 Å². The number of hydrogen-bond donors (Lipinski definition) is 0. The van der Waals surface area contributed by atoms with Crippen LogP contribution >= 0.6 is 0 Å². The van der Waals surface area contributed by atoms with Gasteiger partial charge in [0, 0.05) is 6.07 Å². The molecule has 0 N–H and O–H groups in total. The van der Waals surface area contributed by atoms with E-state index in [1.165, 1.54) is 0 Å². The summed E-state index contributed by atoms with van der Waals surface area (Å²) in [5, 5.41) is 10.4. The maximum Gasteiger partial charge on any atom is 0.573 e. The van der Waals surface area contributed by atoms with Gasteiger partial charge in [-0.25, -0.2) is 0 Å². The fraction of sp³-hybridized carbons (Fsp3) is 0.250. The molecule has 0 fully saturated rings. The van der Waals surface area contributed by atoms with Gasteiger partial charge in [-0.15, -0.1) is 13.2 Å². The molecule has 0 unspecified atom stereocenters. The number of para-hydroxylation sites is 1. The van der Waals surface area contributed by atoms with Crippen molar-refractivity contribution in [1.29, 1.82) is 0 Å². The van der Waals surface area contributed by atoms with Crippen molar-refractivity contribution in [3.63, 3.8) is 0 Å². The van der Waals surface area contributed by atoms with Crippen LogP contribution in [0.4, 0.5) is 32.0 Å². The Morgan fingerprint density at radius 2 is 1.67 bits per heavy atom. The number of ether oxygens (including phenoxy) is 1. The van der Waals surface area contributed by atoms with E-state index in [1.54, 1.807) is 0 Å². The number of nitro groups is 1. The zero-order valence-electron chi connectivity index (χ0n) is 8.17.